The Kier molecular flexibility index (Phi) is 4.16. The van der Waals surface area contributed by atoms with Crippen LogP contribution in [-0.4, -0.2) is 23.7 Å². The van der Waals surface area contributed by atoms with Gasteiger partial charge in [-0.3, -0.25) is 4.79 Å². The highest BCUT2D eigenvalue weighted by atomic mass is 16.3. The van der Waals surface area contributed by atoms with Crippen LogP contribution < -0.4 is 5.32 Å². The molecule has 0 aromatic carbocycles. The van der Waals surface area contributed by atoms with Crippen LogP contribution in [0.4, 0.5) is 0 Å². The maximum Gasteiger partial charge on any atom is 0.240 e. The second-order valence-electron chi connectivity index (χ2n) is 5.95. The van der Waals surface area contributed by atoms with Gasteiger partial charge in [-0.05, 0) is 31.1 Å². The van der Waals surface area contributed by atoms with Crippen molar-refractivity contribution in [2.24, 2.45) is 10.8 Å². The van der Waals surface area contributed by atoms with E-state index in [4.69, 9.17) is 10.4 Å². The molecular formula is C13H22N2O2. The third-order valence-corrected chi connectivity index (χ3v) is 3.62. The van der Waals surface area contributed by atoms with Crippen molar-refractivity contribution in [3.05, 3.63) is 0 Å². The summed E-state index contributed by atoms with van der Waals surface area (Å²) in [5, 5.41) is 21.1. The molecule has 0 aliphatic heterocycles. The number of aliphatic hydroxyl groups is 1. The number of nitrogens with one attached hydrogen (secondary N) is 1. The average Bonchev–Trinajstić information content (AvgIpc) is 2.14. The van der Waals surface area contributed by atoms with Crippen molar-refractivity contribution < 1.29 is 9.90 Å². The summed E-state index contributed by atoms with van der Waals surface area (Å²) in [6.07, 6.45) is 2.79. The van der Waals surface area contributed by atoms with Crippen molar-refractivity contribution in [2.45, 2.75) is 52.5 Å². The first kappa shape index (κ1) is 14.0. The van der Waals surface area contributed by atoms with E-state index in [2.05, 4.69) is 11.4 Å². The number of hydrogen-bond donors (Lipinski definition) is 2. The molecule has 1 amide bonds. The van der Waals surface area contributed by atoms with Crippen molar-refractivity contribution in [3.63, 3.8) is 0 Å². The Labute approximate surface area is 103 Å². The average molecular weight is 238 g/mol. The summed E-state index contributed by atoms with van der Waals surface area (Å²) in [5.41, 5.74) is -0.919. The zero-order chi connectivity index (χ0) is 13.1. The largest absolute Gasteiger partial charge is 0.396 e. The molecule has 4 heteroatoms. The number of carbonyl (C=O) groups is 1. The van der Waals surface area contributed by atoms with Gasteiger partial charge in [-0.2, -0.15) is 5.26 Å². The molecule has 1 aliphatic rings. The Bertz CT molecular complexity index is 321. The zero-order valence-electron chi connectivity index (χ0n) is 10.9. The number of aliphatic hydroxyl groups excluding tert-OH is 1. The molecule has 1 fully saturated rings. The maximum absolute atomic E-state index is 12.1. The van der Waals surface area contributed by atoms with E-state index in [-0.39, 0.29) is 24.0 Å². The van der Waals surface area contributed by atoms with Gasteiger partial charge in [0.25, 0.3) is 0 Å². The second kappa shape index (κ2) is 5.05. The lowest BCUT2D eigenvalue weighted by molar-refractivity contribution is -0.133. The SMILES string of the molecule is CC(C)(C)C(CCO)NC(=O)C1(C#N)CCC1. The highest BCUT2D eigenvalue weighted by molar-refractivity contribution is 5.86. The summed E-state index contributed by atoms with van der Waals surface area (Å²) in [7, 11) is 0. The fraction of sp³-hybridized carbons (Fsp3) is 0.846. The molecule has 1 rings (SSSR count). The van der Waals surface area contributed by atoms with Crippen LogP contribution >= 0.6 is 0 Å². The van der Waals surface area contributed by atoms with Gasteiger partial charge in [0.05, 0.1) is 6.07 Å². The molecule has 96 valence electrons. The normalized spacial score (nSPS) is 19.9. The lowest BCUT2D eigenvalue weighted by atomic mass is 9.69. The Morgan fingerprint density at radius 3 is 2.41 bits per heavy atom. The fourth-order valence-electron chi connectivity index (χ4n) is 2.07. The van der Waals surface area contributed by atoms with Crippen LogP contribution in [0, 0.1) is 22.2 Å². The number of hydrogen-bond acceptors (Lipinski definition) is 3. The van der Waals surface area contributed by atoms with Crippen LogP contribution in [0.1, 0.15) is 46.5 Å². The van der Waals surface area contributed by atoms with Crippen molar-refractivity contribution in [3.8, 4) is 6.07 Å². The number of amides is 1. The third kappa shape index (κ3) is 2.98. The first-order chi connectivity index (χ1) is 7.85. The van der Waals surface area contributed by atoms with E-state index in [1.54, 1.807) is 0 Å². The van der Waals surface area contributed by atoms with E-state index in [1.165, 1.54) is 0 Å². The van der Waals surface area contributed by atoms with E-state index >= 15 is 0 Å². The molecular weight excluding hydrogens is 216 g/mol. The highest BCUT2D eigenvalue weighted by Gasteiger charge is 2.45. The highest BCUT2D eigenvalue weighted by Crippen LogP contribution is 2.40. The molecule has 4 nitrogen and oxygen atoms in total. The minimum Gasteiger partial charge on any atom is -0.396 e. The van der Waals surface area contributed by atoms with Gasteiger partial charge >= 0.3 is 0 Å². The van der Waals surface area contributed by atoms with E-state index in [1.807, 2.05) is 20.8 Å². The van der Waals surface area contributed by atoms with Crippen LogP contribution in [0.2, 0.25) is 0 Å². The molecule has 1 unspecified atom stereocenters. The summed E-state index contributed by atoms with van der Waals surface area (Å²) in [4.78, 5) is 12.1. The first-order valence-electron chi connectivity index (χ1n) is 6.19. The lowest BCUT2D eigenvalue weighted by Crippen LogP contribution is -2.52. The molecule has 0 heterocycles. The van der Waals surface area contributed by atoms with Crippen LogP contribution in [0.3, 0.4) is 0 Å². The minimum atomic E-state index is -0.807. The van der Waals surface area contributed by atoms with E-state index < -0.39 is 5.41 Å². The van der Waals surface area contributed by atoms with Crippen LogP contribution in [0.5, 0.6) is 0 Å². The molecule has 0 radical (unpaired) electrons. The predicted octanol–water partition coefficient (Wildman–Crippen LogP) is 1.59. The Balaban J connectivity index is 2.68. The van der Waals surface area contributed by atoms with Crippen molar-refractivity contribution >= 4 is 5.91 Å². The molecule has 0 saturated heterocycles. The number of rotatable bonds is 4. The van der Waals surface area contributed by atoms with Gasteiger partial charge in [0.2, 0.25) is 5.91 Å². The Morgan fingerprint density at radius 1 is 1.53 bits per heavy atom. The summed E-state index contributed by atoms with van der Waals surface area (Å²) >= 11 is 0. The molecule has 17 heavy (non-hydrogen) atoms. The maximum atomic E-state index is 12.1. The Hall–Kier alpha value is -1.08. The lowest BCUT2D eigenvalue weighted by Gasteiger charge is -2.38. The van der Waals surface area contributed by atoms with Gasteiger partial charge in [0.15, 0.2) is 0 Å². The standard InChI is InChI=1S/C13H22N2O2/c1-12(2,3)10(5-8-16)15-11(17)13(9-14)6-4-7-13/h10,16H,4-8H2,1-3H3,(H,15,17). The van der Waals surface area contributed by atoms with Crippen LogP contribution in [0.15, 0.2) is 0 Å². The Morgan fingerprint density at radius 2 is 2.12 bits per heavy atom. The third-order valence-electron chi connectivity index (χ3n) is 3.62. The summed E-state index contributed by atoms with van der Waals surface area (Å²) in [6, 6.07) is 2.05. The number of nitriles is 1. The van der Waals surface area contributed by atoms with Crippen molar-refractivity contribution in [1.82, 2.24) is 5.32 Å². The molecule has 1 aliphatic carbocycles. The summed E-state index contributed by atoms with van der Waals surface area (Å²) in [5.74, 6) is -0.167. The topological polar surface area (TPSA) is 73.1 Å². The zero-order valence-corrected chi connectivity index (χ0v) is 10.9. The van der Waals surface area contributed by atoms with Crippen LogP contribution in [0.25, 0.3) is 0 Å². The molecule has 1 saturated carbocycles. The molecule has 0 bridgehead atoms. The van der Waals surface area contributed by atoms with E-state index in [0.717, 1.165) is 6.42 Å². The van der Waals surface area contributed by atoms with Gasteiger partial charge < -0.3 is 10.4 Å². The van der Waals surface area contributed by atoms with E-state index in [9.17, 15) is 4.79 Å². The molecule has 2 N–H and O–H groups in total. The smallest absolute Gasteiger partial charge is 0.240 e. The van der Waals surface area contributed by atoms with Crippen LogP contribution in [-0.2, 0) is 4.79 Å². The monoisotopic (exact) mass is 238 g/mol. The van der Waals surface area contributed by atoms with Gasteiger partial charge in [0, 0.05) is 12.6 Å². The number of nitrogens with zero attached hydrogens (tertiary/aromatic N) is 1. The predicted molar refractivity (Wildman–Crippen MR) is 65.0 cm³/mol. The first-order valence-corrected chi connectivity index (χ1v) is 6.19. The quantitative estimate of drug-likeness (QED) is 0.781. The van der Waals surface area contributed by atoms with Gasteiger partial charge in [0.1, 0.15) is 5.41 Å². The second-order valence-corrected chi connectivity index (χ2v) is 5.95. The van der Waals surface area contributed by atoms with Gasteiger partial charge in [-0.15, -0.1) is 0 Å². The summed E-state index contributed by atoms with van der Waals surface area (Å²) < 4.78 is 0. The molecule has 0 spiro atoms. The molecule has 0 aromatic rings. The fourth-order valence-corrected chi connectivity index (χ4v) is 2.07. The molecule has 0 aromatic heterocycles. The van der Waals surface area contributed by atoms with Crippen molar-refractivity contribution in [1.29, 1.82) is 5.26 Å². The van der Waals surface area contributed by atoms with Gasteiger partial charge in [-0.1, -0.05) is 20.8 Å². The number of carbonyl (C=O) groups excluding carboxylic acids is 1. The van der Waals surface area contributed by atoms with Gasteiger partial charge in [-0.25, -0.2) is 0 Å². The molecule has 1 atom stereocenters. The minimum absolute atomic E-state index is 0.0434. The summed E-state index contributed by atoms with van der Waals surface area (Å²) in [6.45, 7) is 6.11. The van der Waals surface area contributed by atoms with Crippen molar-refractivity contribution in [2.75, 3.05) is 6.61 Å². The van der Waals surface area contributed by atoms with E-state index in [0.29, 0.717) is 19.3 Å².